The maximum absolute atomic E-state index is 11.3. The molecule has 0 aliphatic rings. The molecule has 0 radical (unpaired) electrons. The number of carbonyl (C=O) groups is 1. The topological polar surface area (TPSA) is 35.5 Å². The molecular weight excluding hydrogens is 228 g/mol. The Labute approximate surface area is 108 Å². The molecule has 0 aliphatic carbocycles. The molecule has 1 aromatic carbocycles. The minimum Gasteiger partial charge on any atom is -0.460 e. The molecule has 3 heteroatoms. The smallest absolute Gasteiger partial charge is 0.330 e. The first-order chi connectivity index (χ1) is 8.83. The van der Waals surface area contributed by atoms with Crippen molar-refractivity contribution in [1.82, 2.24) is 0 Å². The predicted octanol–water partition coefficient (Wildman–Crippen LogP) is 2.84. The zero-order valence-corrected chi connectivity index (χ0v) is 10.5. The monoisotopic (exact) mass is 246 g/mol. The molecule has 0 bridgehead atoms. The Bertz CT molecular complexity index is 393. The normalized spacial score (nSPS) is 11.2. The van der Waals surface area contributed by atoms with Gasteiger partial charge in [0, 0.05) is 6.08 Å². The Morgan fingerprint density at radius 1 is 1.22 bits per heavy atom. The highest BCUT2D eigenvalue weighted by Crippen LogP contribution is 2.00. The highest BCUT2D eigenvalue weighted by atomic mass is 16.6. The van der Waals surface area contributed by atoms with E-state index in [1.165, 1.54) is 6.08 Å². The molecule has 0 fully saturated rings. The van der Waals surface area contributed by atoms with Crippen molar-refractivity contribution in [2.75, 3.05) is 19.8 Å². The molecule has 0 aromatic heterocycles. The summed E-state index contributed by atoms with van der Waals surface area (Å²) in [5, 5.41) is 0. The van der Waals surface area contributed by atoms with Crippen molar-refractivity contribution in [3.8, 4) is 0 Å². The molecule has 0 saturated carbocycles. The lowest BCUT2D eigenvalue weighted by Crippen LogP contribution is -2.08. The van der Waals surface area contributed by atoms with Crippen LogP contribution in [-0.2, 0) is 14.3 Å². The van der Waals surface area contributed by atoms with Crippen molar-refractivity contribution < 1.29 is 14.3 Å². The second kappa shape index (κ2) is 9.19. The molecule has 0 amide bonds. The molecule has 3 nitrogen and oxygen atoms in total. The molecular formula is C15H18O3. The lowest BCUT2D eigenvalue weighted by Gasteiger charge is -2.01. The van der Waals surface area contributed by atoms with Crippen molar-refractivity contribution in [2.24, 2.45) is 0 Å². The lowest BCUT2D eigenvalue weighted by molar-refractivity contribution is -0.139. The van der Waals surface area contributed by atoms with Gasteiger partial charge < -0.3 is 9.47 Å². The summed E-state index contributed by atoms with van der Waals surface area (Å²) in [4.78, 5) is 11.3. The number of carbonyl (C=O) groups excluding carboxylic acids is 1. The van der Waals surface area contributed by atoms with Crippen LogP contribution in [0.25, 0.3) is 6.08 Å². The first kappa shape index (κ1) is 14.2. The Kier molecular flexibility index (Phi) is 7.25. The number of hydrogen-bond acceptors (Lipinski definition) is 3. The van der Waals surface area contributed by atoms with E-state index in [0.29, 0.717) is 13.2 Å². The summed E-state index contributed by atoms with van der Waals surface area (Å²) < 4.78 is 10.2. The summed E-state index contributed by atoms with van der Waals surface area (Å²) in [6, 6.07) is 9.60. The van der Waals surface area contributed by atoms with E-state index in [1.54, 1.807) is 6.08 Å². The van der Waals surface area contributed by atoms with Crippen LogP contribution in [0.5, 0.6) is 0 Å². The number of rotatable bonds is 7. The van der Waals surface area contributed by atoms with Crippen molar-refractivity contribution in [2.45, 2.75) is 6.92 Å². The van der Waals surface area contributed by atoms with E-state index in [0.717, 1.165) is 5.56 Å². The van der Waals surface area contributed by atoms with Gasteiger partial charge in [-0.2, -0.15) is 0 Å². The van der Waals surface area contributed by atoms with Gasteiger partial charge in [-0.25, -0.2) is 4.79 Å². The first-order valence-electron chi connectivity index (χ1n) is 5.91. The van der Waals surface area contributed by atoms with Crippen LogP contribution in [0.3, 0.4) is 0 Å². The quantitative estimate of drug-likeness (QED) is 0.321. The maximum atomic E-state index is 11.3. The highest BCUT2D eigenvalue weighted by molar-refractivity contribution is 5.86. The zero-order chi connectivity index (χ0) is 13.1. The molecule has 1 rings (SSSR count). The van der Waals surface area contributed by atoms with Crippen LogP contribution in [0.4, 0.5) is 0 Å². The van der Waals surface area contributed by atoms with Gasteiger partial charge in [0.15, 0.2) is 0 Å². The fraction of sp³-hybridized carbons (Fsp3) is 0.267. The van der Waals surface area contributed by atoms with Crippen LogP contribution < -0.4 is 0 Å². The number of esters is 1. The summed E-state index contributed by atoms with van der Waals surface area (Å²) in [7, 11) is 0. The van der Waals surface area contributed by atoms with Crippen LogP contribution in [0.15, 0.2) is 48.6 Å². The third-order valence-corrected chi connectivity index (χ3v) is 2.13. The largest absolute Gasteiger partial charge is 0.460 e. The van der Waals surface area contributed by atoms with Crippen LogP contribution in [-0.4, -0.2) is 25.8 Å². The van der Waals surface area contributed by atoms with Gasteiger partial charge in [0.25, 0.3) is 0 Å². The van der Waals surface area contributed by atoms with Crippen molar-refractivity contribution in [1.29, 1.82) is 0 Å². The van der Waals surface area contributed by atoms with Gasteiger partial charge in [-0.1, -0.05) is 42.5 Å². The molecule has 0 saturated heterocycles. The van der Waals surface area contributed by atoms with E-state index in [4.69, 9.17) is 9.47 Å². The predicted molar refractivity (Wildman–Crippen MR) is 72.1 cm³/mol. The van der Waals surface area contributed by atoms with Gasteiger partial charge in [-0.05, 0) is 18.6 Å². The van der Waals surface area contributed by atoms with Gasteiger partial charge >= 0.3 is 5.97 Å². The van der Waals surface area contributed by atoms with Crippen LogP contribution in [0, 0.1) is 0 Å². The second-order valence-electron chi connectivity index (χ2n) is 3.56. The van der Waals surface area contributed by atoms with E-state index in [1.807, 2.05) is 49.4 Å². The molecule has 0 N–H and O–H groups in total. The minimum atomic E-state index is -0.353. The minimum absolute atomic E-state index is 0.273. The number of hydrogen-bond donors (Lipinski definition) is 0. The second-order valence-corrected chi connectivity index (χ2v) is 3.56. The third kappa shape index (κ3) is 6.66. The fourth-order valence-electron chi connectivity index (χ4n) is 1.23. The molecule has 0 aliphatic heterocycles. The average molecular weight is 246 g/mol. The lowest BCUT2D eigenvalue weighted by atomic mass is 10.2. The van der Waals surface area contributed by atoms with E-state index >= 15 is 0 Å². The van der Waals surface area contributed by atoms with Crippen molar-refractivity contribution in [3.05, 3.63) is 54.1 Å². The van der Waals surface area contributed by atoms with E-state index in [9.17, 15) is 4.79 Å². The van der Waals surface area contributed by atoms with Crippen LogP contribution in [0.1, 0.15) is 12.5 Å². The summed E-state index contributed by atoms with van der Waals surface area (Å²) in [6.45, 7) is 3.16. The Balaban J connectivity index is 2.16. The molecule has 0 spiro atoms. The van der Waals surface area contributed by atoms with Gasteiger partial charge in [-0.15, -0.1) is 0 Å². The average Bonchev–Trinajstić information content (AvgIpc) is 2.41. The number of allylic oxidation sites excluding steroid dienone is 1. The van der Waals surface area contributed by atoms with E-state index in [2.05, 4.69) is 0 Å². The molecule has 0 atom stereocenters. The SMILES string of the molecule is CC=CCOCCOC(=O)C=Cc1ccccc1. The third-order valence-electron chi connectivity index (χ3n) is 2.13. The standard InChI is InChI=1S/C15H18O3/c1-2-3-11-17-12-13-18-15(16)10-9-14-7-5-4-6-8-14/h2-10H,11-13H2,1H3. The fourth-order valence-corrected chi connectivity index (χ4v) is 1.23. The molecule has 1 aromatic rings. The van der Waals surface area contributed by atoms with Crippen LogP contribution in [0.2, 0.25) is 0 Å². The van der Waals surface area contributed by atoms with E-state index < -0.39 is 0 Å². The van der Waals surface area contributed by atoms with Crippen molar-refractivity contribution in [3.63, 3.8) is 0 Å². The van der Waals surface area contributed by atoms with Crippen LogP contribution >= 0.6 is 0 Å². The highest BCUT2D eigenvalue weighted by Gasteiger charge is 1.96. The molecule has 0 unspecified atom stereocenters. The Hall–Kier alpha value is -1.87. The van der Waals surface area contributed by atoms with Gasteiger partial charge in [0.05, 0.1) is 13.2 Å². The first-order valence-corrected chi connectivity index (χ1v) is 5.91. The Morgan fingerprint density at radius 2 is 2.00 bits per heavy atom. The van der Waals surface area contributed by atoms with Gasteiger partial charge in [-0.3, -0.25) is 0 Å². The number of benzene rings is 1. The maximum Gasteiger partial charge on any atom is 0.330 e. The molecule has 18 heavy (non-hydrogen) atoms. The summed E-state index contributed by atoms with van der Waals surface area (Å²) >= 11 is 0. The summed E-state index contributed by atoms with van der Waals surface area (Å²) in [5.74, 6) is -0.353. The Morgan fingerprint density at radius 3 is 2.72 bits per heavy atom. The summed E-state index contributed by atoms with van der Waals surface area (Å²) in [5.41, 5.74) is 0.971. The summed E-state index contributed by atoms with van der Waals surface area (Å²) in [6.07, 6.45) is 6.95. The van der Waals surface area contributed by atoms with E-state index in [-0.39, 0.29) is 12.6 Å². The number of ether oxygens (including phenoxy) is 2. The molecule has 96 valence electrons. The van der Waals surface area contributed by atoms with Gasteiger partial charge in [0.2, 0.25) is 0 Å². The van der Waals surface area contributed by atoms with Crippen molar-refractivity contribution >= 4 is 12.0 Å². The molecule has 0 heterocycles. The van der Waals surface area contributed by atoms with Gasteiger partial charge in [0.1, 0.15) is 6.61 Å². The zero-order valence-electron chi connectivity index (χ0n) is 10.5.